The third-order valence-corrected chi connectivity index (χ3v) is 4.13. The first-order valence-corrected chi connectivity index (χ1v) is 8.15. The molecular weight excluding hydrogens is 447 g/mol. The number of nitrogens with two attached hydrogens (primary N) is 1. The van der Waals surface area contributed by atoms with Crippen LogP contribution in [0.3, 0.4) is 0 Å². The molecule has 0 aromatic heterocycles. The van der Waals surface area contributed by atoms with Crippen LogP contribution in [-0.4, -0.2) is 24.0 Å². The van der Waals surface area contributed by atoms with E-state index in [1.807, 2.05) is 24.3 Å². The molecule has 0 aliphatic carbocycles. The Bertz CT molecular complexity index is 798. The number of nitrogens with zero attached hydrogens (tertiary/aromatic N) is 2. The van der Waals surface area contributed by atoms with Crippen molar-refractivity contribution in [2.24, 2.45) is 10.7 Å². The molecule has 0 saturated heterocycles. The van der Waals surface area contributed by atoms with Crippen molar-refractivity contribution in [3.05, 3.63) is 69.8 Å². The van der Waals surface area contributed by atoms with Crippen LogP contribution >= 0.6 is 24.0 Å². The van der Waals surface area contributed by atoms with E-state index in [1.165, 1.54) is 6.07 Å². The third kappa shape index (κ3) is 4.84. The van der Waals surface area contributed by atoms with Crippen molar-refractivity contribution < 1.29 is 9.66 Å². The minimum absolute atomic E-state index is 0. The summed E-state index contributed by atoms with van der Waals surface area (Å²) in [7, 11) is 0. The maximum atomic E-state index is 11.0. The Morgan fingerprint density at radius 1 is 1.27 bits per heavy atom. The van der Waals surface area contributed by atoms with Gasteiger partial charge in [-0.25, -0.2) is 0 Å². The zero-order chi connectivity index (χ0) is 17.6. The molecule has 0 spiro atoms. The summed E-state index contributed by atoms with van der Waals surface area (Å²) in [6.45, 7) is 1.01. The highest BCUT2D eigenvalue weighted by Crippen LogP contribution is 2.31. The number of aliphatic imine (C=N–C) groups is 1. The summed E-state index contributed by atoms with van der Waals surface area (Å²) in [5.41, 5.74) is 7.82. The van der Waals surface area contributed by atoms with Gasteiger partial charge >= 0.3 is 0 Å². The summed E-state index contributed by atoms with van der Waals surface area (Å²) < 4.78 is 5.63. The van der Waals surface area contributed by atoms with Gasteiger partial charge in [0.2, 0.25) is 0 Å². The summed E-state index contributed by atoms with van der Waals surface area (Å²) in [4.78, 5) is 15.0. The van der Waals surface area contributed by atoms with Crippen molar-refractivity contribution in [2.75, 3.05) is 13.2 Å². The van der Waals surface area contributed by atoms with Crippen LogP contribution in [-0.2, 0) is 6.42 Å². The van der Waals surface area contributed by atoms with Crippen molar-refractivity contribution in [3.63, 3.8) is 0 Å². The summed E-state index contributed by atoms with van der Waals surface area (Å²) >= 11 is 0. The number of fused-ring (bicyclic) bond motifs is 1. The largest absolute Gasteiger partial charge is 0.493 e. The van der Waals surface area contributed by atoms with Crippen molar-refractivity contribution in [1.82, 2.24) is 5.32 Å². The Labute approximate surface area is 168 Å². The molecule has 0 saturated carbocycles. The molecule has 3 N–H and O–H groups in total. The molecule has 0 amide bonds. The lowest BCUT2D eigenvalue weighted by Crippen LogP contribution is -2.37. The summed E-state index contributed by atoms with van der Waals surface area (Å²) in [5.74, 6) is 1.19. The first kappa shape index (κ1) is 20.0. The number of nitrogens with one attached hydrogen (secondary N) is 1. The van der Waals surface area contributed by atoms with Gasteiger partial charge in [-0.05, 0) is 12.5 Å². The first-order valence-electron chi connectivity index (χ1n) is 8.15. The third-order valence-electron chi connectivity index (χ3n) is 4.13. The average molecular weight is 468 g/mol. The molecule has 3 rings (SSSR count). The number of guanidine groups is 1. The lowest BCUT2D eigenvalue weighted by atomic mass is 10.0. The molecular formula is C18H21IN4O3. The number of rotatable bonds is 5. The monoisotopic (exact) mass is 468 g/mol. The van der Waals surface area contributed by atoms with Crippen LogP contribution in [0.25, 0.3) is 0 Å². The van der Waals surface area contributed by atoms with Crippen LogP contribution in [0.1, 0.15) is 23.6 Å². The second kappa shape index (κ2) is 9.37. The number of hydrogen-bond donors (Lipinski definition) is 2. The molecule has 1 unspecified atom stereocenters. The Morgan fingerprint density at radius 3 is 2.81 bits per heavy atom. The van der Waals surface area contributed by atoms with Crippen molar-refractivity contribution in [1.29, 1.82) is 0 Å². The van der Waals surface area contributed by atoms with Gasteiger partial charge in [0.05, 0.1) is 17.6 Å². The topological polar surface area (TPSA) is 103 Å². The maximum absolute atomic E-state index is 11.0. The van der Waals surface area contributed by atoms with E-state index in [2.05, 4.69) is 10.3 Å². The van der Waals surface area contributed by atoms with Crippen molar-refractivity contribution in [2.45, 2.75) is 18.9 Å². The predicted octanol–water partition coefficient (Wildman–Crippen LogP) is 3.18. The molecule has 8 heteroatoms. The van der Waals surface area contributed by atoms with E-state index in [0.717, 1.165) is 17.7 Å². The fraction of sp³-hybridized carbons (Fsp3) is 0.278. The highest BCUT2D eigenvalue weighted by Gasteiger charge is 2.21. The van der Waals surface area contributed by atoms with E-state index in [-0.39, 0.29) is 40.6 Å². The molecule has 1 aliphatic rings. The van der Waals surface area contributed by atoms with Gasteiger partial charge in [0.15, 0.2) is 5.96 Å². The Balaban J connectivity index is 0.00000243. The number of hydrogen-bond acceptors (Lipinski definition) is 4. The minimum Gasteiger partial charge on any atom is -0.493 e. The molecule has 0 radical (unpaired) electrons. The first-order chi connectivity index (χ1) is 12.1. The number of benzene rings is 2. The van der Waals surface area contributed by atoms with Crippen LogP contribution < -0.4 is 15.8 Å². The lowest BCUT2D eigenvalue weighted by molar-refractivity contribution is -0.385. The van der Waals surface area contributed by atoms with E-state index in [9.17, 15) is 10.1 Å². The van der Waals surface area contributed by atoms with Crippen molar-refractivity contribution in [3.8, 4) is 5.75 Å². The number of ether oxygens (including phenoxy) is 1. The molecule has 2 aromatic rings. The highest BCUT2D eigenvalue weighted by molar-refractivity contribution is 14.0. The van der Waals surface area contributed by atoms with Crippen LogP contribution in [0.4, 0.5) is 5.69 Å². The Hall–Kier alpha value is -2.36. The standard InChI is InChI=1S/C18H20N4O3.HI/c19-18(20-11-9-13-5-1-3-7-16(13)22(23)24)21-15-10-12-25-17-8-4-2-6-14(15)17;/h1-8,15H,9-12H2,(H3,19,20,21);1H. The SMILES string of the molecule is I.NC(=NCCc1ccccc1[N+](=O)[O-])NC1CCOc2ccccc21. The molecule has 138 valence electrons. The predicted molar refractivity (Wildman–Crippen MR) is 111 cm³/mol. The zero-order valence-corrected chi connectivity index (χ0v) is 16.5. The number of nitro groups is 1. The maximum Gasteiger partial charge on any atom is 0.272 e. The highest BCUT2D eigenvalue weighted by atomic mass is 127. The van der Waals surface area contributed by atoms with Gasteiger partial charge in [-0.15, -0.1) is 24.0 Å². The van der Waals surface area contributed by atoms with Gasteiger partial charge in [-0.2, -0.15) is 0 Å². The van der Waals surface area contributed by atoms with Gasteiger partial charge in [0, 0.05) is 30.2 Å². The molecule has 0 bridgehead atoms. The molecule has 2 aromatic carbocycles. The second-order valence-electron chi connectivity index (χ2n) is 5.77. The van der Waals surface area contributed by atoms with Gasteiger partial charge in [0.25, 0.3) is 5.69 Å². The fourth-order valence-electron chi connectivity index (χ4n) is 2.91. The van der Waals surface area contributed by atoms with Crippen LogP contribution in [0, 0.1) is 10.1 Å². The quantitative estimate of drug-likeness (QED) is 0.231. The summed E-state index contributed by atoms with van der Waals surface area (Å²) in [5, 5.41) is 14.2. The second-order valence-corrected chi connectivity index (χ2v) is 5.77. The molecule has 1 aliphatic heterocycles. The lowest BCUT2D eigenvalue weighted by Gasteiger charge is -2.26. The van der Waals surface area contributed by atoms with E-state index >= 15 is 0 Å². The van der Waals surface area contributed by atoms with E-state index in [0.29, 0.717) is 31.1 Å². The number of halogens is 1. The number of nitro benzene ring substituents is 1. The molecule has 1 atom stereocenters. The fourth-order valence-corrected chi connectivity index (χ4v) is 2.91. The zero-order valence-electron chi connectivity index (χ0n) is 14.1. The van der Waals surface area contributed by atoms with E-state index in [1.54, 1.807) is 18.2 Å². The van der Waals surface area contributed by atoms with Gasteiger partial charge in [0.1, 0.15) is 5.75 Å². The van der Waals surface area contributed by atoms with Crippen molar-refractivity contribution >= 4 is 35.6 Å². The molecule has 26 heavy (non-hydrogen) atoms. The Kier molecular flexibility index (Phi) is 7.19. The average Bonchev–Trinajstić information content (AvgIpc) is 2.62. The molecule has 0 fully saturated rings. The van der Waals surface area contributed by atoms with Crippen LogP contribution in [0.15, 0.2) is 53.5 Å². The van der Waals surface area contributed by atoms with E-state index in [4.69, 9.17) is 10.5 Å². The smallest absolute Gasteiger partial charge is 0.272 e. The normalized spacial score (nSPS) is 16.0. The van der Waals surface area contributed by atoms with Gasteiger partial charge in [-0.1, -0.05) is 36.4 Å². The van der Waals surface area contributed by atoms with E-state index < -0.39 is 0 Å². The summed E-state index contributed by atoms with van der Waals surface area (Å²) in [6.07, 6.45) is 1.27. The van der Waals surface area contributed by atoms with Crippen LogP contribution in [0.2, 0.25) is 0 Å². The Morgan fingerprint density at radius 2 is 2.00 bits per heavy atom. The number of para-hydroxylation sites is 2. The van der Waals surface area contributed by atoms with Gasteiger partial charge < -0.3 is 15.8 Å². The molecule has 1 heterocycles. The summed E-state index contributed by atoms with van der Waals surface area (Å²) in [6, 6.07) is 14.6. The molecule has 7 nitrogen and oxygen atoms in total. The van der Waals surface area contributed by atoms with Crippen LogP contribution in [0.5, 0.6) is 5.75 Å². The minimum atomic E-state index is -0.375. The van der Waals surface area contributed by atoms with Gasteiger partial charge in [-0.3, -0.25) is 15.1 Å².